The molecule has 2 bridgehead atoms. The molecule has 2 fully saturated rings. The van der Waals surface area contributed by atoms with Crippen LogP contribution in [0.5, 0.6) is 0 Å². The fourth-order valence-electron chi connectivity index (χ4n) is 5.40. The van der Waals surface area contributed by atoms with Gasteiger partial charge in [0.05, 0.1) is 17.5 Å². The molecule has 0 spiro atoms. The van der Waals surface area contributed by atoms with Gasteiger partial charge in [0, 0.05) is 10.9 Å². The molecule has 2 N–H and O–H groups in total. The Kier molecular flexibility index (Phi) is 5.54. The van der Waals surface area contributed by atoms with Crippen molar-refractivity contribution in [1.82, 2.24) is 4.98 Å². The Morgan fingerprint density at radius 1 is 1.06 bits per heavy atom. The molecule has 0 aliphatic heterocycles. The first-order valence-corrected chi connectivity index (χ1v) is 11.7. The Morgan fingerprint density at radius 3 is 2.23 bits per heavy atom. The standard InChI is InChI=1S/C25H30N2O3S/c1-13(2)19-16-10-11-17(19)21(23(29)30)20(16)22(28)27-24-26-18(12-31-24)14-6-8-15(9-7-14)25(3,4)5/h6-9,12,16-17,20-21H,10-11H2,1-5H3,(H,29,30)(H,26,27,28)/t16-,17-,20+,21+/m0/s1. The van der Waals surface area contributed by atoms with E-state index in [4.69, 9.17) is 0 Å². The topological polar surface area (TPSA) is 79.3 Å². The fraction of sp³-hybridized carbons (Fsp3) is 0.480. The SMILES string of the molecule is CC(C)=C1[C@@H]2CC[C@@H]1[C@@H](C(=O)Nc1nc(-c3ccc(C(C)(C)C)cc3)cs1)[C@@H]2C(=O)O. The molecule has 2 saturated carbocycles. The van der Waals surface area contributed by atoms with Crippen LogP contribution in [0.2, 0.25) is 0 Å². The summed E-state index contributed by atoms with van der Waals surface area (Å²) in [5.41, 5.74) is 5.50. The minimum absolute atomic E-state index is 0.0172. The number of allylic oxidation sites excluding steroid dienone is 2. The second-order valence-corrected chi connectivity index (χ2v) is 10.8. The maximum absolute atomic E-state index is 13.2. The number of carbonyl (C=O) groups is 2. The van der Waals surface area contributed by atoms with Crippen LogP contribution in [0.25, 0.3) is 11.3 Å². The summed E-state index contributed by atoms with van der Waals surface area (Å²) in [7, 11) is 0. The van der Waals surface area contributed by atoms with Gasteiger partial charge in [0.1, 0.15) is 0 Å². The first-order chi connectivity index (χ1) is 14.6. The average Bonchev–Trinajstić information content (AvgIpc) is 3.40. The third-order valence-corrected chi connectivity index (χ3v) is 7.55. The second kappa shape index (κ2) is 7.90. The Balaban J connectivity index is 1.53. The molecule has 1 heterocycles. The lowest BCUT2D eigenvalue weighted by Crippen LogP contribution is -2.37. The maximum Gasteiger partial charge on any atom is 0.307 e. The van der Waals surface area contributed by atoms with Gasteiger partial charge in [0.15, 0.2) is 5.13 Å². The number of carboxylic acids is 1. The van der Waals surface area contributed by atoms with Crippen LogP contribution in [0.3, 0.4) is 0 Å². The minimum atomic E-state index is -0.870. The van der Waals surface area contributed by atoms with Crippen LogP contribution < -0.4 is 5.32 Å². The van der Waals surface area contributed by atoms with Crippen molar-refractivity contribution in [2.45, 2.75) is 52.9 Å². The molecule has 2 aliphatic rings. The Bertz CT molecular complexity index is 1040. The van der Waals surface area contributed by atoms with E-state index in [1.54, 1.807) is 0 Å². The second-order valence-electron chi connectivity index (χ2n) is 9.99. The van der Waals surface area contributed by atoms with Gasteiger partial charge in [-0.2, -0.15) is 0 Å². The number of carboxylic acid groups (broad SMARTS) is 1. The largest absolute Gasteiger partial charge is 0.481 e. The zero-order valence-electron chi connectivity index (χ0n) is 18.7. The van der Waals surface area contributed by atoms with Gasteiger partial charge in [-0.05, 0) is 49.5 Å². The zero-order valence-corrected chi connectivity index (χ0v) is 19.5. The molecule has 1 aromatic heterocycles. The Labute approximate surface area is 187 Å². The normalized spacial score (nSPS) is 25.0. The van der Waals surface area contributed by atoms with Gasteiger partial charge >= 0.3 is 5.97 Å². The summed E-state index contributed by atoms with van der Waals surface area (Å²) >= 11 is 1.38. The number of carbonyl (C=O) groups excluding carboxylic acids is 1. The number of benzene rings is 1. The highest BCUT2D eigenvalue weighted by molar-refractivity contribution is 7.14. The van der Waals surface area contributed by atoms with Crippen molar-refractivity contribution < 1.29 is 14.7 Å². The van der Waals surface area contributed by atoms with E-state index in [0.717, 1.165) is 29.7 Å². The highest BCUT2D eigenvalue weighted by Gasteiger charge is 2.57. The van der Waals surface area contributed by atoms with Gasteiger partial charge in [-0.25, -0.2) is 4.98 Å². The van der Waals surface area contributed by atoms with Crippen molar-refractivity contribution in [2.75, 3.05) is 5.32 Å². The lowest BCUT2D eigenvalue weighted by molar-refractivity contribution is -0.148. The van der Waals surface area contributed by atoms with Crippen LogP contribution in [0.15, 0.2) is 40.8 Å². The summed E-state index contributed by atoms with van der Waals surface area (Å²) < 4.78 is 0. The van der Waals surface area contributed by atoms with E-state index < -0.39 is 17.8 Å². The number of nitrogens with one attached hydrogen (secondary N) is 1. The van der Waals surface area contributed by atoms with E-state index >= 15 is 0 Å². The number of aliphatic carboxylic acids is 1. The number of fused-ring (bicyclic) bond motifs is 2. The molecule has 164 valence electrons. The van der Waals surface area contributed by atoms with E-state index in [1.165, 1.54) is 22.5 Å². The molecule has 0 unspecified atom stereocenters. The highest BCUT2D eigenvalue weighted by atomic mass is 32.1. The third-order valence-electron chi connectivity index (χ3n) is 6.79. The molecule has 0 saturated heterocycles. The molecule has 6 heteroatoms. The van der Waals surface area contributed by atoms with Crippen LogP contribution in [-0.4, -0.2) is 22.0 Å². The minimum Gasteiger partial charge on any atom is -0.481 e. The smallest absolute Gasteiger partial charge is 0.307 e. The number of hydrogen-bond donors (Lipinski definition) is 2. The highest BCUT2D eigenvalue weighted by Crippen LogP contribution is 2.57. The molecular formula is C25H30N2O3S. The Morgan fingerprint density at radius 2 is 1.68 bits per heavy atom. The van der Waals surface area contributed by atoms with Crippen molar-refractivity contribution in [1.29, 1.82) is 0 Å². The number of amides is 1. The number of aromatic nitrogens is 1. The maximum atomic E-state index is 13.2. The molecule has 31 heavy (non-hydrogen) atoms. The van der Waals surface area contributed by atoms with Gasteiger partial charge in [0.25, 0.3) is 0 Å². The number of rotatable bonds is 4. The summed E-state index contributed by atoms with van der Waals surface area (Å²) in [4.78, 5) is 29.8. The van der Waals surface area contributed by atoms with E-state index in [9.17, 15) is 14.7 Å². The summed E-state index contributed by atoms with van der Waals surface area (Å²) in [6.45, 7) is 10.6. The van der Waals surface area contributed by atoms with Crippen molar-refractivity contribution in [3.8, 4) is 11.3 Å². The summed E-state index contributed by atoms with van der Waals surface area (Å²) in [5, 5.41) is 15.2. The average molecular weight is 439 g/mol. The molecule has 4 atom stereocenters. The molecule has 2 aromatic rings. The monoisotopic (exact) mass is 438 g/mol. The van der Waals surface area contributed by atoms with E-state index in [-0.39, 0.29) is 23.2 Å². The summed E-state index contributed by atoms with van der Waals surface area (Å²) in [5.74, 6) is -2.25. The van der Waals surface area contributed by atoms with Gasteiger partial charge in [0.2, 0.25) is 5.91 Å². The van der Waals surface area contributed by atoms with Gasteiger partial charge < -0.3 is 10.4 Å². The van der Waals surface area contributed by atoms with Crippen molar-refractivity contribution in [3.05, 3.63) is 46.4 Å². The predicted molar refractivity (Wildman–Crippen MR) is 124 cm³/mol. The van der Waals surface area contributed by atoms with Crippen molar-refractivity contribution >= 4 is 28.3 Å². The first-order valence-electron chi connectivity index (χ1n) is 10.9. The van der Waals surface area contributed by atoms with Gasteiger partial charge in [-0.3, -0.25) is 9.59 Å². The predicted octanol–water partition coefficient (Wildman–Crippen LogP) is 5.74. The number of nitrogens with zero attached hydrogens (tertiary/aromatic N) is 1. The first kappa shape index (κ1) is 21.8. The lowest BCUT2D eigenvalue weighted by Gasteiger charge is -2.25. The van der Waals surface area contributed by atoms with Crippen LogP contribution in [0, 0.1) is 23.7 Å². The molecule has 4 rings (SSSR count). The van der Waals surface area contributed by atoms with Gasteiger partial charge in [-0.15, -0.1) is 11.3 Å². The number of anilines is 1. The summed E-state index contributed by atoms with van der Waals surface area (Å²) in [6, 6.07) is 8.33. The Hall–Kier alpha value is -2.47. The molecular weight excluding hydrogens is 408 g/mol. The molecule has 0 radical (unpaired) electrons. The van der Waals surface area contributed by atoms with E-state index in [1.807, 2.05) is 19.2 Å². The van der Waals surface area contributed by atoms with Crippen LogP contribution >= 0.6 is 11.3 Å². The zero-order chi connectivity index (χ0) is 22.5. The van der Waals surface area contributed by atoms with Crippen LogP contribution in [0.4, 0.5) is 5.13 Å². The molecule has 2 aliphatic carbocycles. The van der Waals surface area contributed by atoms with E-state index in [0.29, 0.717) is 5.13 Å². The quantitative estimate of drug-likeness (QED) is 0.597. The number of hydrogen-bond acceptors (Lipinski definition) is 4. The van der Waals surface area contributed by atoms with Crippen LogP contribution in [0.1, 0.15) is 53.0 Å². The lowest BCUT2D eigenvalue weighted by atomic mass is 9.79. The number of thiazole rings is 1. The van der Waals surface area contributed by atoms with Crippen molar-refractivity contribution in [3.63, 3.8) is 0 Å². The summed E-state index contributed by atoms with van der Waals surface area (Å²) in [6.07, 6.45) is 1.74. The van der Waals surface area contributed by atoms with Crippen LogP contribution in [-0.2, 0) is 15.0 Å². The molecule has 1 aromatic carbocycles. The third kappa shape index (κ3) is 3.93. The molecule has 1 amide bonds. The molecule has 5 nitrogen and oxygen atoms in total. The fourth-order valence-corrected chi connectivity index (χ4v) is 6.12. The van der Waals surface area contributed by atoms with Gasteiger partial charge in [-0.1, -0.05) is 56.2 Å². The van der Waals surface area contributed by atoms with E-state index in [2.05, 4.69) is 55.3 Å². The van der Waals surface area contributed by atoms with Crippen molar-refractivity contribution in [2.24, 2.45) is 23.7 Å².